The Morgan fingerprint density at radius 1 is 1.18 bits per heavy atom. The molecular formula is C11H5ClN4O. The molecule has 0 atom stereocenters. The van der Waals surface area contributed by atoms with E-state index in [1.54, 1.807) is 18.2 Å². The van der Waals surface area contributed by atoms with Crippen LogP contribution in [-0.4, -0.2) is 5.11 Å². The normalized spacial score (nSPS) is 8.35. The van der Waals surface area contributed by atoms with Crippen molar-refractivity contribution in [2.24, 2.45) is 0 Å². The van der Waals surface area contributed by atoms with Gasteiger partial charge in [-0.05, 0) is 12.1 Å². The minimum absolute atomic E-state index is 0.180. The van der Waals surface area contributed by atoms with Gasteiger partial charge in [-0.15, -0.1) is 0 Å². The molecule has 0 heterocycles. The van der Waals surface area contributed by atoms with E-state index in [0.29, 0.717) is 5.02 Å². The number of phenols is 1. The summed E-state index contributed by atoms with van der Waals surface area (Å²) in [7, 11) is 0. The summed E-state index contributed by atoms with van der Waals surface area (Å²) in [6.07, 6.45) is 0. The molecule has 0 unspecified atom stereocenters. The van der Waals surface area contributed by atoms with E-state index in [0.717, 1.165) is 0 Å². The van der Waals surface area contributed by atoms with Crippen molar-refractivity contribution in [3.05, 3.63) is 34.5 Å². The van der Waals surface area contributed by atoms with E-state index in [4.69, 9.17) is 27.4 Å². The molecule has 1 aromatic rings. The first kappa shape index (κ1) is 12.4. The minimum Gasteiger partial charge on any atom is -0.506 e. The second-order valence-electron chi connectivity index (χ2n) is 2.87. The van der Waals surface area contributed by atoms with Crippen LogP contribution in [-0.2, 0) is 0 Å². The molecular weight excluding hydrogens is 240 g/mol. The van der Waals surface area contributed by atoms with Gasteiger partial charge in [-0.1, -0.05) is 11.6 Å². The van der Waals surface area contributed by atoms with Gasteiger partial charge in [0.15, 0.2) is 5.57 Å². The highest BCUT2D eigenvalue weighted by Crippen LogP contribution is 2.27. The van der Waals surface area contributed by atoms with E-state index in [9.17, 15) is 5.11 Å². The highest BCUT2D eigenvalue weighted by atomic mass is 35.5. The smallest absolute Gasteiger partial charge is 0.163 e. The van der Waals surface area contributed by atoms with Crippen LogP contribution in [0.15, 0.2) is 29.5 Å². The Bertz CT molecular complexity index is 585. The molecule has 0 aliphatic heterocycles. The van der Waals surface area contributed by atoms with Gasteiger partial charge in [-0.2, -0.15) is 15.8 Å². The SMILES string of the molecule is N#CC(C#N)=C(C#N)Nc1ccc(Cl)cc1O. The zero-order valence-corrected chi connectivity index (χ0v) is 9.15. The topological polar surface area (TPSA) is 104 Å². The molecule has 1 aromatic carbocycles. The first-order chi connectivity index (χ1) is 8.12. The molecule has 0 aromatic heterocycles. The summed E-state index contributed by atoms with van der Waals surface area (Å²) in [6.45, 7) is 0. The molecule has 0 aliphatic carbocycles. The third-order valence-electron chi connectivity index (χ3n) is 1.80. The molecule has 0 bridgehead atoms. The van der Waals surface area contributed by atoms with Gasteiger partial charge in [0.25, 0.3) is 0 Å². The van der Waals surface area contributed by atoms with Crippen LogP contribution in [0.3, 0.4) is 0 Å². The summed E-state index contributed by atoms with van der Waals surface area (Å²) in [5.41, 5.74) is -0.400. The number of nitrogens with one attached hydrogen (secondary N) is 1. The number of anilines is 1. The highest BCUT2D eigenvalue weighted by Gasteiger charge is 2.08. The summed E-state index contributed by atoms with van der Waals surface area (Å²) < 4.78 is 0. The number of phenolic OH excluding ortho intramolecular Hbond substituents is 1. The van der Waals surface area contributed by atoms with E-state index < -0.39 is 0 Å². The van der Waals surface area contributed by atoms with Crippen molar-refractivity contribution in [3.63, 3.8) is 0 Å². The first-order valence-electron chi connectivity index (χ1n) is 4.32. The average Bonchev–Trinajstić information content (AvgIpc) is 2.32. The number of hydrogen-bond donors (Lipinski definition) is 2. The number of benzene rings is 1. The quantitative estimate of drug-likeness (QED) is 0.613. The van der Waals surface area contributed by atoms with Crippen molar-refractivity contribution in [2.45, 2.75) is 0 Å². The fourth-order valence-electron chi connectivity index (χ4n) is 1.03. The first-order valence-corrected chi connectivity index (χ1v) is 4.70. The molecule has 0 aliphatic rings. The summed E-state index contributed by atoms with van der Waals surface area (Å²) >= 11 is 5.63. The van der Waals surface area contributed by atoms with Gasteiger partial charge >= 0.3 is 0 Å². The number of hydrogen-bond acceptors (Lipinski definition) is 5. The molecule has 5 nitrogen and oxygen atoms in total. The van der Waals surface area contributed by atoms with E-state index in [1.807, 2.05) is 0 Å². The van der Waals surface area contributed by atoms with Gasteiger partial charge in [-0.25, -0.2) is 0 Å². The number of aromatic hydroxyl groups is 1. The second-order valence-corrected chi connectivity index (χ2v) is 3.31. The van der Waals surface area contributed by atoms with Crippen LogP contribution >= 0.6 is 11.6 Å². The second kappa shape index (κ2) is 5.42. The molecule has 0 saturated carbocycles. The van der Waals surface area contributed by atoms with Crippen LogP contribution in [0.5, 0.6) is 5.75 Å². The van der Waals surface area contributed by atoms with Gasteiger partial charge in [0.05, 0.1) is 5.69 Å². The van der Waals surface area contributed by atoms with Gasteiger partial charge in [0.1, 0.15) is 29.7 Å². The van der Waals surface area contributed by atoms with Gasteiger partial charge in [-0.3, -0.25) is 0 Å². The number of halogens is 1. The molecule has 1 rings (SSSR count). The van der Waals surface area contributed by atoms with Crippen molar-refractivity contribution in [3.8, 4) is 24.0 Å². The van der Waals surface area contributed by atoms with Crippen LogP contribution in [0.1, 0.15) is 0 Å². The van der Waals surface area contributed by atoms with Gasteiger partial charge < -0.3 is 10.4 Å². The Labute approximate surface area is 102 Å². The molecule has 6 heteroatoms. The summed E-state index contributed by atoms with van der Waals surface area (Å²) in [6, 6.07) is 9.04. The van der Waals surface area contributed by atoms with Crippen molar-refractivity contribution < 1.29 is 5.11 Å². The zero-order valence-electron chi connectivity index (χ0n) is 8.40. The third-order valence-corrected chi connectivity index (χ3v) is 2.04. The van der Waals surface area contributed by atoms with E-state index in [2.05, 4.69) is 5.32 Å². The zero-order chi connectivity index (χ0) is 12.8. The molecule has 0 radical (unpaired) electrons. The van der Waals surface area contributed by atoms with Crippen LogP contribution in [0.4, 0.5) is 5.69 Å². The van der Waals surface area contributed by atoms with Crippen molar-refractivity contribution in [1.29, 1.82) is 15.8 Å². The number of allylic oxidation sites excluding steroid dienone is 2. The molecule has 0 spiro atoms. The maximum absolute atomic E-state index is 9.52. The Morgan fingerprint density at radius 3 is 2.29 bits per heavy atom. The lowest BCUT2D eigenvalue weighted by atomic mass is 10.2. The molecule has 0 fully saturated rings. The monoisotopic (exact) mass is 244 g/mol. The largest absolute Gasteiger partial charge is 0.506 e. The standard InChI is InChI=1S/C11H5ClN4O/c12-8-1-2-9(11(17)3-8)16-10(6-15)7(4-13)5-14/h1-3,16-17H. The maximum atomic E-state index is 9.52. The Morgan fingerprint density at radius 2 is 1.82 bits per heavy atom. The lowest BCUT2D eigenvalue weighted by molar-refractivity contribution is 0.477. The summed E-state index contributed by atoms with van der Waals surface area (Å²) in [4.78, 5) is 0. The molecule has 2 N–H and O–H groups in total. The number of rotatable bonds is 2. The van der Waals surface area contributed by atoms with Crippen LogP contribution in [0.2, 0.25) is 5.02 Å². The van der Waals surface area contributed by atoms with Crippen molar-refractivity contribution >= 4 is 17.3 Å². The van der Waals surface area contributed by atoms with Crippen molar-refractivity contribution in [1.82, 2.24) is 0 Å². The lowest BCUT2D eigenvalue weighted by Gasteiger charge is -2.06. The van der Waals surface area contributed by atoms with Crippen LogP contribution in [0.25, 0.3) is 0 Å². The maximum Gasteiger partial charge on any atom is 0.163 e. The molecule has 0 amide bonds. The fourth-order valence-corrected chi connectivity index (χ4v) is 1.19. The number of nitriles is 3. The van der Waals surface area contributed by atoms with Crippen LogP contribution < -0.4 is 5.32 Å². The Hall–Kier alpha value is -2.68. The van der Waals surface area contributed by atoms with Gasteiger partial charge in [0, 0.05) is 11.1 Å². The highest BCUT2D eigenvalue weighted by molar-refractivity contribution is 6.30. The predicted molar refractivity (Wildman–Crippen MR) is 60.6 cm³/mol. The van der Waals surface area contributed by atoms with E-state index >= 15 is 0 Å². The molecule has 17 heavy (non-hydrogen) atoms. The summed E-state index contributed by atoms with van der Waals surface area (Å²) in [5.74, 6) is -0.180. The van der Waals surface area contributed by atoms with Crippen LogP contribution in [0, 0.1) is 34.0 Å². The Balaban J connectivity index is 3.16. The number of nitrogens with zero attached hydrogens (tertiary/aromatic N) is 3. The Kier molecular flexibility index (Phi) is 3.95. The fraction of sp³-hybridized carbons (Fsp3) is 0. The van der Waals surface area contributed by atoms with E-state index in [1.165, 1.54) is 18.2 Å². The lowest BCUT2D eigenvalue weighted by Crippen LogP contribution is -2.00. The summed E-state index contributed by atoms with van der Waals surface area (Å²) in [5, 5.41) is 38.4. The van der Waals surface area contributed by atoms with Gasteiger partial charge in [0.2, 0.25) is 0 Å². The van der Waals surface area contributed by atoms with E-state index in [-0.39, 0.29) is 22.7 Å². The van der Waals surface area contributed by atoms with Crippen molar-refractivity contribution in [2.75, 3.05) is 5.32 Å². The third kappa shape index (κ3) is 2.89. The minimum atomic E-state index is -0.359. The molecule has 82 valence electrons. The predicted octanol–water partition coefficient (Wildman–Crippen LogP) is 2.28. The average molecular weight is 245 g/mol. The molecule has 0 saturated heterocycles.